The van der Waals surface area contributed by atoms with E-state index in [1.165, 1.54) is 0 Å². The normalized spacial score (nSPS) is 12.1. The zero-order valence-corrected chi connectivity index (χ0v) is 36.4. The first kappa shape index (κ1) is 47.0. The van der Waals surface area contributed by atoms with Crippen molar-refractivity contribution in [3.05, 3.63) is 59.7 Å². The molecular formula is C37H60O12S2Si2. The molecule has 0 atom stereocenters. The van der Waals surface area contributed by atoms with Gasteiger partial charge in [0.2, 0.25) is 0 Å². The topological polar surface area (TPSA) is 126 Å². The molecule has 2 aromatic carbocycles. The monoisotopic (exact) mass is 816 g/mol. The third kappa shape index (κ3) is 17.1. The van der Waals surface area contributed by atoms with Crippen LogP contribution in [0.4, 0.5) is 0 Å². The lowest BCUT2D eigenvalue weighted by molar-refractivity contribution is -0.144. The molecule has 0 N–H and O–H groups in total. The van der Waals surface area contributed by atoms with Gasteiger partial charge in [-0.3, -0.25) is 9.59 Å². The molecule has 0 radical (unpaired) electrons. The van der Waals surface area contributed by atoms with E-state index in [1.807, 2.05) is 48.5 Å². The van der Waals surface area contributed by atoms with Crippen LogP contribution in [0.15, 0.2) is 48.5 Å². The van der Waals surface area contributed by atoms with Crippen LogP contribution in [-0.2, 0) is 51.0 Å². The molecule has 0 saturated heterocycles. The van der Waals surface area contributed by atoms with Gasteiger partial charge in [-0.25, -0.2) is 0 Å². The maximum Gasteiger partial charge on any atom is 0.500 e. The van der Waals surface area contributed by atoms with Gasteiger partial charge in [-0.2, -0.15) is 23.5 Å². The lowest BCUT2D eigenvalue weighted by atomic mass is 9.78. The van der Waals surface area contributed by atoms with E-state index in [2.05, 4.69) is 13.8 Å². The number of esters is 2. The molecule has 0 aliphatic heterocycles. The summed E-state index contributed by atoms with van der Waals surface area (Å²) >= 11 is 3.39. The average Bonchev–Trinajstić information content (AvgIpc) is 3.18. The Hall–Kier alpha value is -2.13. The third-order valence-electron chi connectivity index (χ3n) is 8.69. The lowest BCUT2D eigenvalue weighted by Crippen LogP contribution is -2.42. The molecule has 2 aromatic rings. The Bertz CT molecular complexity index is 1180. The van der Waals surface area contributed by atoms with Crippen molar-refractivity contribution in [2.75, 3.05) is 92.1 Å². The van der Waals surface area contributed by atoms with Gasteiger partial charge in [0.1, 0.15) is 37.9 Å². The van der Waals surface area contributed by atoms with Crippen LogP contribution in [0.3, 0.4) is 0 Å². The van der Waals surface area contributed by atoms with Crippen LogP contribution in [0.2, 0.25) is 12.1 Å². The van der Waals surface area contributed by atoms with Crippen molar-refractivity contribution >= 4 is 53.1 Å². The number of hydrogen-bond donors (Lipinski definition) is 0. The van der Waals surface area contributed by atoms with Crippen LogP contribution in [0, 0.1) is 0 Å². The Labute approximate surface area is 327 Å². The molecule has 0 heterocycles. The van der Waals surface area contributed by atoms with Gasteiger partial charge in [0.15, 0.2) is 0 Å². The fourth-order valence-corrected chi connectivity index (χ4v) is 11.0. The van der Waals surface area contributed by atoms with E-state index in [9.17, 15) is 9.59 Å². The van der Waals surface area contributed by atoms with Crippen LogP contribution in [0.5, 0.6) is 11.5 Å². The van der Waals surface area contributed by atoms with E-state index in [0.717, 1.165) is 47.6 Å². The van der Waals surface area contributed by atoms with E-state index < -0.39 is 17.6 Å². The molecule has 0 spiro atoms. The van der Waals surface area contributed by atoms with Crippen LogP contribution >= 0.6 is 23.5 Å². The molecule has 0 bridgehead atoms. The molecule has 0 unspecified atom stereocenters. The Morgan fingerprint density at radius 2 is 0.868 bits per heavy atom. The SMILES string of the molecule is CO[Si](CCCSCCC(=O)OCCOc1ccc(C(C)(C)c2ccc(OCCOC(=O)CCSCCC[Si](OC)(OC)OC)cc2)cc1)(OC)OC. The second-order valence-corrected chi connectivity index (χ2v) is 21.0. The second-order valence-electron chi connectivity index (χ2n) is 12.3. The molecule has 0 fully saturated rings. The van der Waals surface area contributed by atoms with Gasteiger partial charge in [0.25, 0.3) is 0 Å². The van der Waals surface area contributed by atoms with E-state index >= 15 is 0 Å². The van der Waals surface area contributed by atoms with Crippen LogP contribution < -0.4 is 9.47 Å². The fraction of sp³-hybridized carbons (Fsp3) is 0.622. The molecule has 2 rings (SSSR count). The summed E-state index contributed by atoms with van der Waals surface area (Å²) in [4.78, 5) is 24.2. The van der Waals surface area contributed by atoms with Crippen molar-refractivity contribution in [3.8, 4) is 11.5 Å². The summed E-state index contributed by atoms with van der Waals surface area (Å²) in [5.74, 6) is 4.12. The Balaban J connectivity index is 1.61. The van der Waals surface area contributed by atoms with E-state index in [1.54, 1.807) is 66.2 Å². The molecule has 16 heteroatoms. The summed E-state index contributed by atoms with van der Waals surface area (Å²) in [5.41, 5.74) is 1.99. The van der Waals surface area contributed by atoms with Crippen molar-refractivity contribution in [3.63, 3.8) is 0 Å². The number of carbonyl (C=O) groups excluding carboxylic acids is 2. The van der Waals surface area contributed by atoms with Gasteiger partial charge in [0, 0.05) is 71.7 Å². The van der Waals surface area contributed by atoms with Crippen molar-refractivity contribution in [1.82, 2.24) is 0 Å². The largest absolute Gasteiger partial charge is 0.500 e. The van der Waals surface area contributed by atoms with Gasteiger partial charge >= 0.3 is 29.5 Å². The number of ether oxygens (including phenoxy) is 4. The predicted molar refractivity (Wildman–Crippen MR) is 214 cm³/mol. The first-order valence-electron chi connectivity index (χ1n) is 17.8. The summed E-state index contributed by atoms with van der Waals surface area (Å²) in [6.45, 7) is 5.27. The minimum absolute atomic E-state index is 0.194. The number of rotatable bonds is 30. The molecule has 0 aromatic heterocycles. The van der Waals surface area contributed by atoms with E-state index in [4.69, 9.17) is 45.5 Å². The summed E-state index contributed by atoms with van der Waals surface area (Å²) in [6, 6.07) is 17.4. The van der Waals surface area contributed by atoms with Crippen LogP contribution in [-0.4, -0.2) is 122 Å². The van der Waals surface area contributed by atoms with Gasteiger partial charge < -0.3 is 45.5 Å². The maximum atomic E-state index is 12.1. The molecule has 53 heavy (non-hydrogen) atoms. The van der Waals surface area contributed by atoms with E-state index in [-0.39, 0.29) is 43.8 Å². The van der Waals surface area contributed by atoms with Crippen molar-refractivity contribution in [2.45, 2.75) is 57.0 Å². The Kier molecular flexibility index (Phi) is 22.9. The molecule has 0 saturated carbocycles. The zero-order valence-electron chi connectivity index (χ0n) is 32.7. The van der Waals surface area contributed by atoms with Gasteiger partial charge in [-0.05, 0) is 59.7 Å². The second kappa shape index (κ2) is 25.9. The van der Waals surface area contributed by atoms with Crippen LogP contribution in [0.25, 0.3) is 0 Å². The van der Waals surface area contributed by atoms with Crippen molar-refractivity contribution < 1.29 is 55.1 Å². The highest BCUT2D eigenvalue weighted by Gasteiger charge is 2.37. The number of thioether (sulfide) groups is 2. The highest BCUT2D eigenvalue weighted by Crippen LogP contribution is 2.33. The predicted octanol–water partition coefficient (Wildman–Crippen LogP) is 6.64. The van der Waals surface area contributed by atoms with E-state index in [0.29, 0.717) is 35.8 Å². The van der Waals surface area contributed by atoms with Gasteiger partial charge in [0.05, 0.1) is 12.8 Å². The van der Waals surface area contributed by atoms with Crippen molar-refractivity contribution in [2.24, 2.45) is 0 Å². The highest BCUT2D eigenvalue weighted by atomic mass is 32.2. The Morgan fingerprint density at radius 3 is 1.19 bits per heavy atom. The molecule has 0 aliphatic rings. The first-order valence-corrected chi connectivity index (χ1v) is 23.9. The average molecular weight is 817 g/mol. The standard InChI is InChI=1S/C37H60O12S2Si2/c1-37(2,31-11-15-33(16-12-31)46-21-23-48-35(38)19-27-50-25-9-29-52(40-3,41-4)42-5)32-13-17-34(18-14-32)47-22-24-49-36(39)20-28-51-26-10-30-53(43-6,44-7)45-8/h11-18H,9-10,19-30H2,1-8H3. The molecular weight excluding hydrogens is 757 g/mol. The van der Waals surface area contributed by atoms with Gasteiger partial charge in [-0.1, -0.05) is 38.1 Å². The molecule has 0 aliphatic carbocycles. The maximum absolute atomic E-state index is 12.1. The smallest absolute Gasteiger partial charge is 0.490 e. The summed E-state index contributed by atoms with van der Waals surface area (Å²) in [5, 5.41) is 0. The minimum Gasteiger partial charge on any atom is -0.490 e. The number of carbonyl (C=O) groups is 2. The summed E-state index contributed by atoms with van der Waals surface area (Å²) in [6.07, 6.45) is 2.48. The third-order valence-corrected chi connectivity index (χ3v) is 16.5. The number of benzene rings is 2. The first-order chi connectivity index (χ1) is 25.5. The summed E-state index contributed by atoms with van der Waals surface area (Å²) < 4.78 is 54.9. The quantitative estimate of drug-likeness (QED) is 0.0475. The van der Waals surface area contributed by atoms with Gasteiger partial charge in [-0.15, -0.1) is 0 Å². The molecule has 300 valence electrons. The van der Waals surface area contributed by atoms with Crippen molar-refractivity contribution in [1.29, 1.82) is 0 Å². The highest BCUT2D eigenvalue weighted by molar-refractivity contribution is 7.99. The van der Waals surface area contributed by atoms with Crippen LogP contribution in [0.1, 0.15) is 50.7 Å². The minimum atomic E-state index is -2.54. The summed E-state index contributed by atoms with van der Waals surface area (Å²) in [7, 11) is 4.60. The fourth-order valence-electron chi connectivity index (χ4n) is 5.29. The molecule has 12 nitrogen and oxygen atoms in total. The number of hydrogen-bond acceptors (Lipinski definition) is 14. The zero-order chi connectivity index (χ0) is 39.0. The molecule has 0 amide bonds. The lowest BCUT2D eigenvalue weighted by Gasteiger charge is -2.26. The Morgan fingerprint density at radius 1 is 0.528 bits per heavy atom.